The van der Waals surface area contributed by atoms with Crippen molar-refractivity contribution in [3.8, 4) is 0 Å². The zero-order chi connectivity index (χ0) is 42.6. The molecule has 0 saturated carbocycles. The maximum atomic E-state index is 12.7. The van der Waals surface area contributed by atoms with Gasteiger partial charge in [0.25, 0.3) is 10.1 Å². The van der Waals surface area contributed by atoms with Gasteiger partial charge >= 0.3 is 0 Å². The van der Waals surface area contributed by atoms with Gasteiger partial charge in [-0.15, -0.1) is 0 Å². The van der Waals surface area contributed by atoms with Gasteiger partial charge in [-0.1, -0.05) is 229 Å². The lowest BCUT2D eigenvalue weighted by Gasteiger charge is -2.22. The molecule has 1 amide bonds. The second-order valence-corrected chi connectivity index (χ2v) is 18.3. The van der Waals surface area contributed by atoms with Crippen molar-refractivity contribution >= 4 is 16.0 Å². The molecule has 0 aromatic rings. The Balaban J connectivity index is 3.95. The molecular weight excluding hydrogens is 743 g/mol. The first-order chi connectivity index (χ1) is 28.2. The quantitative estimate of drug-likeness (QED) is 0.0275. The van der Waals surface area contributed by atoms with Gasteiger partial charge in [0.15, 0.2) is 0 Å². The highest BCUT2D eigenvalue weighted by Gasteiger charge is 2.27. The third kappa shape index (κ3) is 42.4. The molecule has 8 heteroatoms. The molecule has 7 nitrogen and oxygen atoms in total. The Morgan fingerprint density at radius 2 is 0.879 bits per heavy atom. The van der Waals surface area contributed by atoms with Crippen LogP contribution in [0.25, 0.3) is 0 Å². The first-order valence-corrected chi connectivity index (χ1v) is 26.1. The average Bonchev–Trinajstić information content (AvgIpc) is 3.19. The maximum absolute atomic E-state index is 12.7. The van der Waals surface area contributed by atoms with Crippen LogP contribution < -0.4 is 5.32 Å². The van der Waals surface area contributed by atoms with E-state index in [1.165, 1.54) is 167 Å². The molecule has 0 aromatic carbocycles. The zero-order valence-corrected chi connectivity index (χ0v) is 38.6. The number of aliphatic hydroxyl groups is 2. The fourth-order valence-corrected chi connectivity index (χ4v) is 8.13. The lowest BCUT2D eigenvalue weighted by molar-refractivity contribution is -0.130. The zero-order valence-electron chi connectivity index (χ0n) is 37.8. The van der Waals surface area contributed by atoms with Crippen molar-refractivity contribution in [1.82, 2.24) is 5.32 Å². The number of allylic oxidation sites excluding steroid dienone is 7. The van der Waals surface area contributed by atoms with Crippen LogP contribution in [0.4, 0.5) is 0 Å². The average molecular weight is 836 g/mol. The van der Waals surface area contributed by atoms with Gasteiger partial charge in [-0.05, 0) is 57.8 Å². The van der Waals surface area contributed by atoms with Gasteiger partial charge in [-0.2, -0.15) is 8.42 Å². The number of aliphatic hydroxyl groups excluding tert-OH is 2. The highest BCUT2D eigenvalue weighted by molar-refractivity contribution is 7.85. The summed E-state index contributed by atoms with van der Waals surface area (Å²) in [5, 5.41) is 23.5. The van der Waals surface area contributed by atoms with E-state index in [2.05, 4.69) is 55.6 Å². The summed E-state index contributed by atoms with van der Waals surface area (Å²) in [6.07, 6.45) is 56.1. The molecule has 0 aliphatic carbocycles. The molecule has 0 aliphatic heterocycles. The molecule has 0 fully saturated rings. The van der Waals surface area contributed by atoms with E-state index < -0.39 is 40.0 Å². The molecule has 0 spiro atoms. The largest absolute Gasteiger partial charge is 0.387 e. The molecule has 0 heterocycles. The Morgan fingerprint density at radius 1 is 0.500 bits per heavy atom. The van der Waals surface area contributed by atoms with Crippen LogP contribution >= 0.6 is 0 Å². The number of hydrogen-bond donors (Lipinski definition) is 4. The summed E-state index contributed by atoms with van der Waals surface area (Å²) in [4.78, 5) is 12.7. The standard InChI is InChI=1S/C50H93NO6S/c1-3-5-7-9-11-13-15-17-19-21-23-25-27-28-30-32-34-36-38-40-42-44-48(52)47(46-58(55,56)57)51-50(54)49(53)45-43-41-39-37-35-33-31-29-26-24-22-20-18-16-14-12-10-8-6-4-2/h6,8,12,14,34,36,42,44,47-49,52-53H,3-5,7,9-11,13,15-33,35,37-41,43,45-46H2,1-2H3,(H,51,54)(H,55,56,57)/b8-6-,14-12-,36-34+,44-42+. The van der Waals surface area contributed by atoms with Crippen molar-refractivity contribution in [2.75, 3.05) is 5.75 Å². The Morgan fingerprint density at radius 3 is 1.33 bits per heavy atom. The Hall–Kier alpha value is -1.74. The first-order valence-electron chi connectivity index (χ1n) is 24.4. The smallest absolute Gasteiger partial charge is 0.267 e. The highest BCUT2D eigenvalue weighted by Crippen LogP contribution is 2.16. The summed E-state index contributed by atoms with van der Waals surface area (Å²) < 4.78 is 32.7. The van der Waals surface area contributed by atoms with E-state index in [1.54, 1.807) is 6.08 Å². The molecular formula is C50H93NO6S. The van der Waals surface area contributed by atoms with Crippen molar-refractivity contribution in [2.24, 2.45) is 0 Å². The van der Waals surface area contributed by atoms with Gasteiger partial charge in [0.1, 0.15) is 6.10 Å². The minimum absolute atomic E-state index is 0.273. The number of amides is 1. The predicted molar refractivity (Wildman–Crippen MR) is 250 cm³/mol. The number of unbranched alkanes of at least 4 members (excludes halogenated alkanes) is 29. The summed E-state index contributed by atoms with van der Waals surface area (Å²) in [5.41, 5.74) is 0. The summed E-state index contributed by atoms with van der Waals surface area (Å²) in [5.74, 6) is -1.55. The summed E-state index contributed by atoms with van der Waals surface area (Å²) in [6.45, 7) is 4.44. The van der Waals surface area contributed by atoms with Gasteiger partial charge in [0.2, 0.25) is 5.91 Å². The number of nitrogens with one attached hydrogen (secondary N) is 1. The van der Waals surface area contributed by atoms with E-state index in [4.69, 9.17) is 0 Å². The Kier molecular flexibility index (Phi) is 42.1. The lowest BCUT2D eigenvalue weighted by atomic mass is 10.0. The van der Waals surface area contributed by atoms with E-state index in [-0.39, 0.29) is 6.42 Å². The van der Waals surface area contributed by atoms with E-state index >= 15 is 0 Å². The fraction of sp³-hybridized carbons (Fsp3) is 0.820. The van der Waals surface area contributed by atoms with E-state index in [0.717, 1.165) is 44.9 Å². The van der Waals surface area contributed by atoms with Crippen molar-refractivity contribution in [3.05, 3.63) is 48.6 Å². The molecule has 0 aromatic heterocycles. The van der Waals surface area contributed by atoms with Gasteiger partial charge in [0.05, 0.1) is 17.9 Å². The number of hydrogen-bond acceptors (Lipinski definition) is 5. The van der Waals surface area contributed by atoms with Crippen LogP contribution in [0.15, 0.2) is 48.6 Å². The van der Waals surface area contributed by atoms with Crippen molar-refractivity contribution in [2.45, 2.75) is 257 Å². The molecule has 58 heavy (non-hydrogen) atoms. The van der Waals surface area contributed by atoms with Gasteiger partial charge in [-0.25, -0.2) is 0 Å². The van der Waals surface area contributed by atoms with E-state index in [1.807, 2.05) is 0 Å². The van der Waals surface area contributed by atoms with Crippen LogP contribution in [0.3, 0.4) is 0 Å². The fourth-order valence-electron chi connectivity index (χ4n) is 7.39. The summed E-state index contributed by atoms with van der Waals surface area (Å²) in [7, 11) is -4.46. The Bertz CT molecular complexity index is 1120. The Labute approximate surface area is 359 Å². The molecule has 4 N–H and O–H groups in total. The molecule has 340 valence electrons. The number of carbonyl (C=O) groups is 1. The van der Waals surface area contributed by atoms with Gasteiger partial charge in [-0.3, -0.25) is 9.35 Å². The lowest BCUT2D eigenvalue weighted by Crippen LogP contribution is -2.50. The second-order valence-electron chi connectivity index (χ2n) is 16.8. The second kappa shape index (κ2) is 43.4. The van der Waals surface area contributed by atoms with Crippen molar-refractivity contribution in [3.63, 3.8) is 0 Å². The minimum Gasteiger partial charge on any atom is -0.387 e. The molecule has 3 atom stereocenters. The third-order valence-electron chi connectivity index (χ3n) is 11.1. The third-order valence-corrected chi connectivity index (χ3v) is 11.9. The number of rotatable bonds is 44. The molecule has 0 radical (unpaired) electrons. The predicted octanol–water partition coefficient (Wildman–Crippen LogP) is 14.0. The molecule has 0 rings (SSSR count). The highest BCUT2D eigenvalue weighted by atomic mass is 32.2. The minimum atomic E-state index is -4.46. The molecule has 0 aliphatic rings. The van der Waals surface area contributed by atoms with Crippen LogP contribution in [-0.4, -0.2) is 53.1 Å². The van der Waals surface area contributed by atoms with Crippen molar-refractivity contribution in [1.29, 1.82) is 0 Å². The SMILES string of the molecule is CC/C=C\C/C=C\CCCCCCCCCCCCCCCC(O)C(=O)NC(CS(=O)(=O)O)C(O)/C=C/CC/C=C/CCCCCCCCCCCCCCCCC. The van der Waals surface area contributed by atoms with Crippen LogP contribution in [0, 0.1) is 0 Å². The van der Waals surface area contributed by atoms with Gasteiger partial charge < -0.3 is 15.5 Å². The van der Waals surface area contributed by atoms with E-state index in [9.17, 15) is 28.0 Å². The monoisotopic (exact) mass is 836 g/mol. The maximum Gasteiger partial charge on any atom is 0.267 e. The van der Waals surface area contributed by atoms with E-state index in [0.29, 0.717) is 12.8 Å². The molecule has 0 saturated heterocycles. The summed E-state index contributed by atoms with van der Waals surface area (Å²) in [6, 6.07) is -1.25. The topological polar surface area (TPSA) is 124 Å². The molecule has 3 unspecified atom stereocenters. The summed E-state index contributed by atoms with van der Waals surface area (Å²) >= 11 is 0. The van der Waals surface area contributed by atoms with Crippen LogP contribution in [0.1, 0.15) is 239 Å². The van der Waals surface area contributed by atoms with Crippen LogP contribution in [0.5, 0.6) is 0 Å². The van der Waals surface area contributed by atoms with Crippen molar-refractivity contribution < 1.29 is 28.0 Å². The van der Waals surface area contributed by atoms with Crippen LogP contribution in [0.2, 0.25) is 0 Å². The van der Waals surface area contributed by atoms with Crippen LogP contribution in [-0.2, 0) is 14.9 Å². The van der Waals surface area contributed by atoms with Gasteiger partial charge in [0, 0.05) is 0 Å². The molecule has 0 bridgehead atoms. The number of carbonyl (C=O) groups excluding carboxylic acids is 1. The first kappa shape index (κ1) is 56.3. The normalized spacial score (nSPS) is 14.1.